The molecule has 0 rings (SSSR count). The molecule has 0 aliphatic rings. The van der Waals surface area contributed by atoms with Crippen molar-refractivity contribution in [2.45, 2.75) is 53.4 Å². The minimum absolute atomic E-state index is 0.194. The third kappa shape index (κ3) is 107. The summed E-state index contributed by atoms with van der Waals surface area (Å²) < 4.78 is 4.40. The molecule has 0 unspecified atom stereocenters. The first-order valence-corrected chi connectivity index (χ1v) is 6.92. The summed E-state index contributed by atoms with van der Waals surface area (Å²) in [5, 5.41) is 7.08. The highest BCUT2D eigenvalue weighted by Gasteiger charge is 1.81. The number of rotatable bonds is 4. The molecule has 0 atom stereocenters. The van der Waals surface area contributed by atoms with Crippen molar-refractivity contribution in [1.82, 2.24) is 0 Å². The zero-order valence-electron chi connectivity index (χ0n) is 11.7. The number of esters is 1. The fraction of sp³-hybridized carbons (Fsp3) is 0.833. The standard InChI is InChI=1S/C6H14.C4H8O2.CH2Cl2.CH2O2/c1-3-5-6-4-2;1-3-6-4(2)5;2*2-1-3/h3-6H2,1-2H3;3H2,1-2H3;1H2;1H,(H,2,3). The van der Waals surface area contributed by atoms with Crippen LogP contribution in [0.5, 0.6) is 0 Å². The minimum atomic E-state index is -0.250. The van der Waals surface area contributed by atoms with E-state index in [1.807, 2.05) is 0 Å². The van der Waals surface area contributed by atoms with E-state index < -0.39 is 0 Å². The maximum absolute atomic E-state index is 9.82. The van der Waals surface area contributed by atoms with Crippen LogP contribution < -0.4 is 0 Å². The van der Waals surface area contributed by atoms with E-state index in [2.05, 4.69) is 18.6 Å². The van der Waals surface area contributed by atoms with E-state index in [1.54, 1.807) is 6.92 Å². The summed E-state index contributed by atoms with van der Waals surface area (Å²) in [5.41, 5.74) is 0. The summed E-state index contributed by atoms with van der Waals surface area (Å²) in [5.74, 6) is -0.211. The van der Waals surface area contributed by atoms with Gasteiger partial charge in [-0.05, 0) is 6.92 Å². The molecule has 0 aliphatic carbocycles. The Hall–Kier alpha value is -0.480. The SMILES string of the molecule is CCCCCC.CCOC(C)=O.ClCCl.O=CO. The van der Waals surface area contributed by atoms with Crippen LogP contribution in [0.1, 0.15) is 53.4 Å². The molecule has 0 fully saturated rings. The lowest BCUT2D eigenvalue weighted by Gasteiger charge is -1.89. The first-order chi connectivity index (χ1) is 8.51. The molecule has 6 heteroatoms. The van der Waals surface area contributed by atoms with Crippen molar-refractivity contribution < 1.29 is 19.4 Å². The number of carbonyl (C=O) groups is 2. The fourth-order valence-corrected chi connectivity index (χ4v) is 0.703. The van der Waals surface area contributed by atoms with Gasteiger partial charge in [0.2, 0.25) is 0 Å². The highest BCUT2D eigenvalue weighted by atomic mass is 35.5. The van der Waals surface area contributed by atoms with Crippen molar-refractivity contribution in [1.29, 1.82) is 0 Å². The molecule has 0 saturated carbocycles. The molecule has 0 aromatic carbocycles. The number of hydrogen-bond acceptors (Lipinski definition) is 3. The third-order valence-corrected chi connectivity index (χ3v) is 1.30. The predicted molar refractivity (Wildman–Crippen MR) is 77.4 cm³/mol. The topological polar surface area (TPSA) is 63.6 Å². The largest absolute Gasteiger partial charge is 0.483 e. The van der Waals surface area contributed by atoms with Crippen molar-refractivity contribution in [2.75, 3.05) is 11.9 Å². The van der Waals surface area contributed by atoms with Crippen LogP contribution in [-0.4, -0.2) is 29.5 Å². The summed E-state index contributed by atoms with van der Waals surface area (Å²) in [6.07, 6.45) is 5.54. The van der Waals surface area contributed by atoms with Gasteiger partial charge in [-0.3, -0.25) is 9.59 Å². The lowest BCUT2D eigenvalue weighted by atomic mass is 10.2. The Balaban J connectivity index is -0.0000000770. The van der Waals surface area contributed by atoms with E-state index in [1.165, 1.54) is 32.6 Å². The third-order valence-electron chi connectivity index (χ3n) is 1.30. The minimum Gasteiger partial charge on any atom is -0.483 e. The van der Waals surface area contributed by atoms with Gasteiger partial charge in [-0.1, -0.05) is 39.5 Å². The Morgan fingerprint density at radius 1 is 1.17 bits per heavy atom. The molecular weight excluding hydrogens is 279 g/mol. The van der Waals surface area contributed by atoms with Crippen LogP contribution in [0.2, 0.25) is 0 Å². The number of ether oxygens (including phenoxy) is 1. The van der Waals surface area contributed by atoms with Crippen LogP contribution >= 0.6 is 23.2 Å². The molecule has 0 bridgehead atoms. The molecule has 0 aromatic heterocycles. The molecule has 0 heterocycles. The number of carbonyl (C=O) groups excluding carboxylic acids is 1. The molecule has 112 valence electrons. The lowest BCUT2D eigenvalue weighted by Crippen LogP contribution is -1.95. The Morgan fingerprint density at radius 2 is 1.44 bits per heavy atom. The van der Waals surface area contributed by atoms with Crippen LogP contribution in [0.15, 0.2) is 0 Å². The van der Waals surface area contributed by atoms with Gasteiger partial charge in [0.1, 0.15) is 0 Å². The Bertz CT molecular complexity index is 140. The Labute approximate surface area is 121 Å². The van der Waals surface area contributed by atoms with Crippen LogP contribution in [0.3, 0.4) is 0 Å². The summed E-state index contributed by atoms with van der Waals surface area (Å²) in [6.45, 7) is 7.87. The summed E-state index contributed by atoms with van der Waals surface area (Å²) in [7, 11) is 0. The van der Waals surface area contributed by atoms with Crippen LogP contribution in [0.4, 0.5) is 0 Å². The maximum atomic E-state index is 9.82. The van der Waals surface area contributed by atoms with E-state index in [4.69, 9.17) is 33.1 Å². The molecule has 0 aliphatic heterocycles. The first-order valence-electron chi connectivity index (χ1n) is 5.85. The zero-order valence-corrected chi connectivity index (χ0v) is 13.3. The first kappa shape index (κ1) is 26.2. The fourth-order valence-electron chi connectivity index (χ4n) is 0.703. The molecule has 0 spiro atoms. The number of carboxylic acid groups (broad SMARTS) is 1. The Kier molecular flexibility index (Phi) is 52.3. The van der Waals surface area contributed by atoms with E-state index >= 15 is 0 Å². The second-order valence-electron chi connectivity index (χ2n) is 2.84. The average Bonchev–Trinajstić information content (AvgIpc) is 2.29. The van der Waals surface area contributed by atoms with Gasteiger partial charge in [0, 0.05) is 6.92 Å². The van der Waals surface area contributed by atoms with Crippen molar-refractivity contribution in [2.24, 2.45) is 0 Å². The van der Waals surface area contributed by atoms with Gasteiger partial charge in [0.05, 0.1) is 11.9 Å². The van der Waals surface area contributed by atoms with Crippen molar-refractivity contribution in [3.05, 3.63) is 0 Å². The summed E-state index contributed by atoms with van der Waals surface area (Å²) in [6, 6.07) is 0. The van der Waals surface area contributed by atoms with E-state index in [0.29, 0.717) is 6.61 Å². The normalized spacial score (nSPS) is 7.22. The van der Waals surface area contributed by atoms with Gasteiger partial charge in [-0.15, -0.1) is 23.2 Å². The quantitative estimate of drug-likeness (QED) is 0.364. The van der Waals surface area contributed by atoms with E-state index in [-0.39, 0.29) is 17.8 Å². The number of alkyl halides is 2. The molecule has 18 heavy (non-hydrogen) atoms. The van der Waals surface area contributed by atoms with E-state index in [9.17, 15) is 4.79 Å². The second-order valence-corrected chi connectivity index (χ2v) is 3.65. The van der Waals surface area contributed by atoms with Crippen molar-refractivity contribution >= 4 is 35.6 Å². The van der Waals surface area contributed by atoms with Crippen molar-refractivity contribution in [3.63, 3.8) is 0 Å². The zero-order chi connectivity index (χ0) is 15.2. The summed E-state index contributed by atoms with van der Waals surface area (Å²) in [4.78, 5) is 18.2. The highest BCUT2D eigenvalue weighted by Crippen LogP contribution is 1.95. The van der Waals surface area contributed by atoms with Gasteiger partial charge in [-0.2, -0.15) is 0 Å². The molecule has 1 N–H and O–H groups in total. The Morgan fingerprint density at radius 3 is 1.50 bits per heavy atom. The van der Waals surface area contributed by atoms with Crippen LogP contribution in [0, 0.1) is 0 Å². The van der Waals surface area contributed by atoms with Crippen LogP contribution in [0.25, 0.3) is 0 Å². The molecular formula is C12H26Cl2O4. The van der Waals surface area contributed by atoms with Crippen LogP contribution in [-0.2, 0) is 14.3 Å². The smallest absolute Gasteiger partial charge is 0.302 e. The monoisotopic (exact) mass is 304 g/mol. The van der Waals surface area contributed by atoms with Gasteiger partial charge >= 0.3 is 5.97 Å². The predicted octanol–water partition coefficient (Wildman–Crippen LogP) is 4.28. The van der Waals surface area contributed by atoms with Gasteiger partial charge < -0.3 is 9.84 Å². The van der Waals surface area contributed by atoms with E-state index in [0.717, 1.165) is 0 Å². The summed E-state index contributed by atoms with van der Waals surface area (Å²) >= 11 is 9.53. The second kappa shape index (κ2) is 36.0. The highest BCUT2D eigenvalue weighted by molar-refractivity contribution is 6.40. The maximum Gasteiger partial charge on any atom is 0.302 e. The molecule has 0 aromatic rings. The molecule has 0 saturated heterocycles. The molecule has 4 nitrogen and oxygen atoms in total. The average molecular weight is 305 g/mol. The van der Waals surface area contributed by atoms with Gasteiger partial charge in [0.15, 0.2) is 0 Å². The number of unbranched alkanes of at least 4 members (excludes halogenated alkanes) is 3. The van der Waals surface area contributed by atoms with Gasteiger partial charge in [-0.25, -0.2) is 0 Å². The van der Waals surface area contributed by atoms with Gasteiger partial charge in [0.25, 0.3) is 6.47 Å². The van der Waals surface area contributed by atoms with Crippen molar-refractivity contribution in [3.8, 4) is 0 Å². The molecule has 0 radical (unpaired) electrons. The molecule has 0 amide bonds. The number of hydrogen-bond donors (Lipinski definition) is 1. The lowest BCUT2D eigenvalue weighted by molar-refractivity contribution is -0.140. The number of halogens is 2.